The Morgan fingerprint density at radius 1 is 1.03 bits per heavy atom. The maximum Gasteiger partial charge on any atom is 0.241 e. The number of sulfone groups is 1. The third kappa shape index (κ3) is 3.36. The van der Waals surface area contributed by atoms with Crippen LogP contribution in [0.4, 0.5) is 5.69 Å². The van der Waals surface area contributed by atoms with Crippen molar-refractivity contribution < 1.29 is 22.7 Å². The monoisotopic (exact) mass is 414 g/mol. The minimum Gasteiger partial charge on any atom is -0.454 e. The van der Waals surface area contributed by atoms with E-state index in [9.17, 15) is 13.2 Å². The zero-order valence-corrected chi connectivity index (χ0v) is 16.9. The molecule has 0 N–H and O–H groups in total. The van der Waals surface area contributed by atoms with Crippen molar-refractivity contribution in [1.29, 1.82) is 0 Å². The van der Waals surface area contributed by atoms with Crippen molar-refractivity contribution in [3.63, 3.8) is 0 Å². The number of aryl methyl sites for hydroxylation is 1. The second-order valence-corrected chi connectivity index (χ2v) is 10.1. The van der Waals surface area contributed by atoms with Gasteiger partial charge in [-0.15, -0.1) is 0 Å². The average molecular weight is 414 g/mol. The summed E-state index contributed by atoms with van der Waals surface area (Å²) in [4.78, 5) is 16.8. The highest BCUT2D eigenvalue weighted by Gasteiger charge is 2.49. The summed E-state index contributed by atoms with van der Waals surface area (Å²) in [7, 11) is -3.22. The number of piperazine rings is 1. The Balaban J connectivity index is 1.46. The number of hydrogen-bond donors (Lipinski definition) is 0. The van der Waals surface area contributed by atoms with Gasteiger partial charge in [0.25, 0.3) is 0 Å². The molecule has 0 spiro atoms. The minimum atomic E-state index is -3.22. The molecule has 0 bridgehead atoms. The number of carbonyl (C=O) groups excluding carboxylic acids is 1. The molecule has 2 fully saturated rings. The van der Waals surface area contributed by atoms with E-state index in [0.29, 0.717) is 18.0 Å². The van der Waals surface area contributed by atoms with Crippen molar-refractivity contribution in [2.45, 2.75) is 25.6 Å². The van der Waals surface area contributed by atoms with Crippen LogP contribution in [0.2, 0.25) is 0 Å². The Morgan fingerprint density at radius 3 is 2.66 bits per heavy atom. The molecule has 2 unspecified atom stereocenters. The Hall–Kier alpha value is -2.58. The third-order valence-corrected chi connectivity index (χ3v) is 7.50. The van der Waals surface area contributed by atoms with Gasteiger partial charge in [0, 0.05) is 18.3 Å². The van der Waals surface area contributed by atoms with E-state index in [2.05, 4.69) is 0 Å². The summed E-state index contributed by atoms with van der Waals surface area (Å²) in [6.07, 6.45) is 0. The summed E-state index contributed by atoms with van der Waals surface area (Å²) < 4.78 is 35.8. The molecule has 2 atom stereocenters. The van der Waals surface area contributed by atoms with Crippen LogP contribution in [-0.2, 0) is 21.2 Å². The molecular formula is C21H22N2O5S. The van der Waals surface area contributed by atoms with Crippen molar-refractivity contribution >= 4 is 21.4 Å². The molecule has 0 radical (unpaired) electrons. The SMILES string of the molecule is Cc1cccc(N2C(=O)CN(Cc3ccc4c(c3)OCO4)C3CS(=O)(=O)CC32)c1. The average Bonchev–Trinajstić information content (AvgIpc) is 3.24. The third-order valence-electron chi connectivity index (χ3n) is 5.80. The molecule has 0 saturated carbocycles. The number of amides is 1. The maximum atomic E-state index is 13.1. The van der Waals surface area contributed by atoms with Gasteiger partial charge in [0.2, 0.25) is 12.7 Å². The van der Waals surface area contributed by atoms with Gasteiger partial charge >= 0.3 is 0 Å². The molecule has 5 rings (SSSR count). The van der Waals surface area contributed by atoms with E-state index in [0.717, 1.165) is 16.8 Å². The number of nitrogens with zero attached hydrogens (tertiary/aromatic N) is 2. The van der Waals surface area contributed by atoms with Gasteiger partial charge in [-0.3, -0.25) is 9.69 Å². The van der Waals surface area contributed by atoms with Crippen molar-refractivity contribution in [1.82, 2.24) is 4.90 Å². The van der Waals surface area contributed by atoms with Crippen LogP contribution in [0.3, 0.4) is 0 Å². The van der Waals surface area contributed by atoms with E-state index in [4.69, 9.17) is 9.47 Å². The Morgan fingerprint density at radius 2 is 1.83 bits per heavy atom. The van der Waals surface area contributed by atoms with Crippen LogP contribution in [0.1, 0.15) is 11.1 Å². The largest absolute Gasteiger partial charge is 0.454 e. The number of carbonyl (C=O) groups is 1. The lowest BCUT2D eigenvalue weighted by Gasteiger charge is -2.43. The predicted octanol–water partition coefficient (Wildman–Crippen LogP) is 1.74. The highest BCUT2D eigenvalue weighted by Crippen LogP contribution is 2.35. The topological polar surface area (TPSA) is 76.2 Å². The van der Waals surface area contributed by atoms with Gasteiger partial charge in [0.15, 0.2) is 21.3 Å². The van der Waals surface area contributed by atoms with E-state index in [1.54, 1.807) is 4.90 Å². The number of rotatable bonds is 3. The molecule has 2 aromatic carbocycles. The highest BCUT2D eigenvalue weighted by atomic mass is 32.2. The smallest absolute Gasteiger partial charge is 0.241 e. The first-order valence-corrected chi connectivity index (χ1v) is 11.4. The Bertz CT molecular complexity index is 1080. The maximum absolute atomic E-state index is 13.1. The van der Waals surface area contributed by atoms with Crippen LogP contribution < -0.4 is 14.4 Å². The Labute approximate surface area is 169 Å². The lowest BCUT2D eigenvalue weighted by atomic mass is 10.0. The van der Waals surface area contributed by atoms with Crippen molar-refractivity contribution in [2.24, 2.45) is 0 Å². The van der Waals surface area contributed by atoms with Gasteiger partial charge in [-0.25, -0.2) is 8.42 Å². The first kappa shape index (κ1) is 18.4. The Kier molecular flexibility index (Phi) is 4.29. The second-order valence-electron chi connectivity index (χ2n) is 7.91. The van der Waals surface area contributed by atoms with Gasteiger partial charge in [0.1, 0.15) is 0 Å². The van der Waals surface area contributed by atoms with Gasteiger partial charge < -0.3 is 14.4 Å². The van der Waals surface area contributed by atoms with Gasteiger partial charge in [-0.05, 0) is 42.3 Å². The first-order valence-electron chi connectivity index (χ1n) is 9.61. The summed E-state index contributed by atoms with van der Waals surface area (Å²) >= 11 is 0. The molecule has 152 valence electrons. The van der Waals surface area contributed by atoms with Crippen molar-refractivity contribution in [2.75, 3.05) is 29.7 Å². The van der Waals surface area contributed by atoms with Crippen LogP contribution in [-0.4, -0.2) is 56.2 Å². The summed E-state index contributed by atoms with van der Waals surface area (Å²) in [5, 5.41) is 0. The van der Waals surface area contributed by atoms with Crippen LogP contribution in [0.5, 0.6) is 11.5 Å². The van der Waals surface area contributed by atoms with Crippen LogP contribution in [0.25, 0.3) is 0 Å². The molecule has 0 aliphatic carbocycles. The first-order chi connectivity index (χ1) is 13.9. The molecule has 2 aromatic rings. The van der Waals surface area contributed by atoms with Gasteiger partial charge in [-0.1, -0.05) is 18.2 Å². The van der Waals surface area contributed by atoms with Crippen LogP contribution in [0.15, 0.2) is 42.5 Å². The summed E-state index contributed by atoms with van der Waals surface area (Å²) in [5.74, 6) is 1.38. The van der Waals surface area contributed by atoms with E-state index >= 15 is 0 Å². The van der Waals surface area contributed by atoms with E-state index < -0.39 is 9.84 Å². The summed E-state index contributed by atoms with van der Waals surface area (Å²) in [6.45, 7) is 2.84. The number of anilines is 1. The molecular weight excluding hydrogens is 392 g/mol. The molecule has 1 amide bonds. The fraction of sp³-hybridized carbons (Fsp3) is 0.381. The standard InChI is InChI=1S/C21H22N2O5S/c1-14-3-2-4-16(7-14)23-18-12-29(25,26)11-17(18)22(10-21(23)24)9-15-5-6-19-20(8-15)28-13-27-19/h2-8,17-18H,9-13H2,1H3. The highest BCUT2D eigenvalue weighted by molar-refractivity contribution is 7.91. The van der Waals surface area contributed by atoms with Gasteiger partial charge in [-0.2, -0.15) is 0 Å². The molecule has 0 aromatic heterocycles. The van der Waals surface area contributed by atoms with Gasteiger partial charge in [0.05, 0.1) is 24.1 Å². The number of hydrogen-bond acceptors (Lipinski definition) is 6. The molecule has 3 heterocycles. The molecule has 3 aliphatic rings. The fourth-order valence-corrected chi connectivity index (χ4v) is 6.50. The fourth-order valence-electron chi connectivity index (χ4n) is 4.52. The summed E-state index contributed by atoms with van der Waals surface area (Å²) in [5.41, 5.74) is 2.77. The second kappa shape index (κ2) is 6.74. The minimum absolute atomic E-state index is 0.00497. The normalized spacial score (nSPS) is 25.3. The van der Waals surface area contributed by atoms with E-state index in [1.165, 1.54) is 0 Å². The molecule has 29 heavy (non-hydrogen) atoms. The van der Waals surface area contributed by atoms with Crippen molar-refractivity contribution in [3.8, 4) is 11.5 Å². The quantitative estimate of drug-likeness (QED) is 0.762. The number of benzene rings is 2. The zero-order valence-electron chi connectivity index (χ0n) is 16.1. The van der Waals surface area contributed by atoms with Crippen LogP contribution in [0, 0.1) is 6.92 Å². The number of fused-ring (bicyclic) bond motifs is 2. The molecule has 7 nitrogen and oxygen atoms in total. The van der Waals surface area contributed by atoms with Crippen molar-refractivity contribution in [3.05, 3.63) is 53.6 Å². The lowest BCUT2D eigenvalue weighted by Crippen LogP contribution is -2.61. The van der Waals surface area contributed by atoms with Crippen LogP contribution >= 0.6 is 0 Å². The molecule has 3 aliphatic heterocycles. The summed E-state index contributed by atoms with van der Waals surface area (Å²) in [6, 6.07) is 12.8. The molecule has 8 heteroatoms. The molecule has 2 saturated heterocycles. The predicted molar refractivity (Wildman–Crippen MR) is 108 cm³/mol. The number of ether oxygens (including phenoxy) is 2. The van der Waals surface area contributed by atoms with E-state index in [-0.39, 0.29) is 42.8 Å². The zero-order chi connectivity index (χ0) is 20.2. The lowest BCUT2D eigenvalue weighted by molar-refractivity contribution is -0.123. The van der Waals surface area contributed by atoms with E-state index in [1.807, 2.05) is 54.3 Å².